The number of carbonyl (C=O) groups is 1. The number of hydrogen-bond acceptors (Lipinski definition) is 5. The van der Waals surface area contributed by atoms with Crippen LogP contribution in [-0.4, -0.2) is 30.1 Å². The van der Waals surface area contributed by atoms with Gasteiger partial charge in [0.1, 0.15) is 5.82 Å². The normalized spacial score (nSPS) is 13.1. The molecule has 8 nitrogen and oxygen atoms in total. The van der Waals surface area contributed by atoms with Gasteiger partial charge in [0, 0.05) is 31.3 Å². The second-order valence-corrected chi connectivity index (χ2v) is 5.77. The summed E-state index contributed by atoms with van der Waals surface area (Å²) in [7, 11) is 0. The van der Waals surface area contributed by atoms with Crippen molar-refractivity contribution in [3.63, 3.8) is 0 Å². The minimum atomic E-state index is -0.160. The number of aliphatic imine (C=N–C) groups is 1. The first-order chi connectivity index (χ1) is 12.6. The molecule has 27 heavy (non-hydrogen) atoms. The molecule has 2 heterocycles. The Morgan fingerprint density at radius 1 is 1.19 bits per heavy atom. The molecular weight excluding hydrogens is 461 g/mol. The third kappa shape index (κ3) is 6.27. The number of aromatic nitrogens is 1. The minimum absolute atomic E-state index is 0. The third-order valence-corrected chi connectivity index (χ3v) is 3.58. The predicted molar refractivity (Wildman–Crippen MR) is 115 cm³/mol. The van der Waals surface area contributed by atoms with Crippen LogP contribution in [0.1, 0.15) is 18.9 Å². The fourth-order valence-corrected chi connectivity index (χ4v) is 2.38. The molecule has 9 heteroatoms. The van der Waals surface area contributed by atoms with Gasteiger partial charge in [-0.25, -0.2) is 9.98 Å². The van der Waals surface area contributed by atoms with E-state index in [-0.39, 0.29) is 35.8 Å². The topological polar surface area (TPSA) is 111 Å². The van der Waals surface area contributed by atoms with Crippen LogP contribution in [0.15, 0.2) is 41.5 Å². The average molecular weight is 483 g/mol. The van der Waals surface area contributed by atoms with Crippen molar-refractivity contribution >= 4 is 47.3 Å². The SMILES string of the molecule is CC(=O)Nc1ccc(CN=C(N)Nc2ccc3c(c2)OCCCO3)cn1.I. The molecule has 1 amide bonds. The van der Waals surface area contributed by atoms with Crippen molar-refractivity contribution in [2.24, 2.45) is 10.7 Å². The third-order valence-electron chi connectivity index (χ3n) is 3.58. The molecule has 1 aromatic heterocycles. The summed E-state index contributed by atoms with van der Waals surface area (Å²) < 4.78 is 11.3. The maximum Gasteiger partial charge on any atom is 0.222 e. The van der Waals surface area contributed by atoms with E-state index < -0.39 is 0 Å². The fraction of sp³-hybridized carbons (Fsp3) is 0.278. The summed E-state index contributed by atoms with van der Waals surface area (Å²) in [6.07, 6.45) is 2.51. The minimum Gasteiger partial charge on any atom is -0.490 e. The Balaban J connectivity index is 0.00000261. The summed E-state index contributed by atoms with van der Waals surface area (Å²) >= 11 is 0. The van der Waals surface area contributed by atoms with E-state index in [0.717, 1.165) is 23.4 Å². The molecule has 1 aliphatic heterocycles. The van der Waals surface area contributed by atoms with Crippen molar-refractivity contribution in [2.75, 3.05) is 23.8 Å². The number of hydrogen-bond donors (Lipinski definition) is 3. The number of ether oxygens (including phenoxy) is 2. The molecule has 3 rings (SSSR count). The number of halogens is 1. The molecule has 0 saturated carbocycles. The number of nitrogens with two attached hydrogens (primary N) is 1. The Labute approximate surface area is 174 Å². The van der Waals surface area contributed by atoms with E-state index >= 15 is 0 Å². The molecule has 4 N–H and O–H groups in total. The number of amides is 1. The molecule has 0 spiro atoms. The number of nitrogens with zero attached hydrogens (tertiary/aromatic N) is 2. The van der Waals surface area contributed by atoms with E-state index in [1.54, 1.807) is 12.3 Å². The summed E-state index contributed by atoms with van der Waals surface area (Å²) in [6.45, 7) is 3.09. The van der Waals surface area contributed by atoms with Crippen molar-refractivity contribution in [3.05, 3.63) is 42.1 Å². The first kappa shape index (κ1) is 20.7. The van der Waals surface area contributed by atoms with Gasteiger partial charge in [-0.05, 0) is 23.8 Å². The van der Waals surface area contributed by atoms with Gasteiger partial charge in [-0.3, -0.25) is 4.79 Å². The Bertz CT molecular complexity index is 811. The number of guanidine groups is 1. The van der Waals surface area contributed by atoms with Crippen LogP contribution in [0.25, 0.3) is 0 Å². The van der Waals surface area contributed by atoms with Crippen LogP contribution >= 0.6 is 24.0 Å². The summed E-state index contributed by atoms with van der Waals surface area (Å²) in [6, 6.07) is 9.11. The summed E-state index contributed by atoms with van der Waals surface area (Å²) in [5.41, 5.74) is 7.60. The molecule has 2 aromatic rings. The number of fused-ring (bicyclic) bond motifs is 1. The van der Waals surface area contributed by atoms with Gasteiger partial charge in [-0.1, -0.05) is 6.07 Å². The largest absolute Gasteiger partial charge is 0.490 e. The van der Waals surface area contributed by atoms with Crippen LogP contribution in [0, 0.1) is 0 Å². The highest BCUT2D eigenvalue weighted by atomic mass is 127. The Hall–Kier alpha value is -2.56. The molecule has 0 aliphatic carbocycles. The number of carbonyl (C=O) groups excluding carboxylic acids is 1. The molecule has 0 bridgehead atoms. The second kappa shape index (κ2) is 9.95. The van der Waals surface area contributed by atoms with Crippen LogP contribution in [0.4, 0.5) is 11.5 Å². The first-order valence-corrected chi connectivity index (χ1v) is 8.29. The second-order valence-electron chi connectivity index (χ2n) is 5.77. The van der Waals surface area contributed by atoms with Gasteiger partial charge in [-0.15, -0.1) is 24.0 Å². The van der Waals surface area contributed by atoms with Crippen molar-refractivity contribution < 1.29 is 14.3 Å². The zero-order chi connectivity index (χ0) is 18.4. The molecule has 1 aromatic carbocycles. The highest BCUT2D eigenvalue weighted by Gasteiger charge is 2.10. The van der Waals surface area contributed by atoms with E-state index in [1.165, 1.54) is 6.92 Å². The summed E-state index contributed by atoms with van der Waals surface area (Å²) in [5, 5.41) is 5.65. The van der Waals surface area contributed by atoms with Gasteiger partial charge in [0.25, 0.3) is 0 Å². The van der Waals surface area contributed by atoms with Crippen LogP contribution in [-0.2, 0) is 11.3 Å². The Morgan fingerprint density at radius 2 is 1.96 bits per heavy atom. The van der Waals surface area contributed by atoms with Gasteiger partial charge in [0.05, 0.1) is 19.8 Å². The lowest BCUT2D eigenvalue weighted by Crippen LogP contribution is -2.22. The van der Waals surface area contributed by atoms with Crippen molar-refractivity contribution in [1.82, 2.24) is 4.98 Å². The lowest BCUT2D eigenvalue weighted by atomic mass is 10.2. The molecule has 1 aliphatic rings. The van der Waals surface area contributed by atoms with Crippen molar-refractivity contribution in [2.45, 2.75) is 19.9 Å². The number of benzene rings is 1. The smallest absolute Gasteiger partial charge is 0.222 e. The van der Waals surface area contributed by atoms with E-state index in [9.17, 15) is 4.79 Å². The maximum absolute atomic E-state index is 11.0. The summed E-state index contributed by atoms with van der Waals surface area (Å²) in [4.78, 5) is 19.4. The summed E-state index contributed by atoms with van der Waals surface area (Å²) in [5.74, 6) is 2.05. The molecule has 0 unspecified atom stereocenters. The van der Waals surface area contributed by atoms with Crippen molar-refractivity contribution in [1.29, 1.82) is 0 Å². The van der Waals surface area contributed by atoms with Gasteiger partial charge in [0.15, 0.2) is 17.5 Å². The van der Waals surface area contributed by atoms with Gasteiger partial charge >= 0.3 is 0 Å². The predicted octanol–water partition coefficient (Wildman–Crippen LogP) is 2.75. The molecule has 144 valence electrons. The quantitative estimate of drug-likeness (QED) is 0.351. The van der Waals surface area contributed by atoms with E-state index in [2.05, 4.69) is 20.6 Å². The number of pyridine rings is 1. The van der Waals surface area contributed by atoms with Gasteiger partial charge in [-0.2, -0.15) is 0 Å². The maximum atomic E-state index is 11.0. The van der Waals surface area contributed by atoms with Gasteiger partial charge in [0.2, 0.25) is 5.91 Å². The van der Waals surface area contributed by atoms with E-state index in [0.29, 0.717) is 31.3 Å². The highest BCUT2D eigenvalue weighted by Crippen LogP contribution is 2.32. The van der Waals surface area contributed by atoms with Crippen molar-refractivity contribution in [3.8, 4) is 11.5 Å². The zero-order valence-corrected chi connectivity index (χ0v) is 17.2. The highest BCUT2D eigenvalue weighted by molar-refractivity contribution is 14.0. The lowest BCUT2D eigenvalue weighted by molar-refractivity contribution is -0.114. The average Bonchev–Trinajstić information content (AvgIpc) is 2.85. The van der Waals surface area contributed by atoms with Gasteiger partial charge < -0.3 is 25.8 Å². The molecular formula is C18H22IN5O3. The number of nitrogens with one attached hydrogen (secondary N) is 2. The van der Waals surface area contributed by atoms with E-state index in [4.69, 9.17) is 15.2 Å². The molecule has 0 atom stereocenters. The van der Waals surface area contributed by atoms with Crippen LogP contribution < -0.4 is 25.8 Å². The van der Waals surface area contributed by atoms with Crippen LogP contribution in [0.5, 0.6) is 11.5 Å². The molecule has 0 saturated heterocycles. The standard InChI is InChI=1S/C18H21N5O3.HI/c1-12(24)22-17-6-3-13(10-20-17)11-21-18(19)23-14-4-5-15-16(9-14)26-8-2-7-25-15;/h3-6,9-10H,2,7-8,11H2,1H3,(H3,19,21,23)(H,20,22,24);1H. The Morgan fingerprint density at radius 3 is 2.67 bits per heavy atom. The van der Waals surface area contributed by atoms with Crippen LogP contribution in [0.2, 0.25) is 0 Å². The molecule has 0 fully saturated rings. The monoisotopic (exact) mass is 483 g/mol. The Kier molecular flexibility index (Phi) is 7.65. The number of anilines is 2. The zero-order valence-electron chi connectivity index (χ0n) is 14.9. The fourth-order valence-electron chi connectivity index (χ4n) is 2.38. The lowest BCUT2D eigenvalue weighted by Gasteiger charge is -2.10. The van der Waals surface area contributed by atoms with E-state index in [1.807, 2.05) is 24.3 Å². The number of rotatable bonds is 4. The molecule has 0 radical (unpaired) electrons. The first-order valence-electron chi connectivity index (χ1n) is 8.29. The van der Waals surface area contributed by atoms with Crippen LogP contribution in [0.3, 0.4) is 0 Å².